The van der Waals surface area contributed by atoms with Gasteiger partial charge in [0.2, 0.25) is 0 Å². The number of benzene rings is 1. The van der Waals surface area contributed by atoms with Gasteiger partial charge in [-0.1, -0.05) is 0 Å². The van der Waals surface area contributed by atoms with Crippen LogP contribution in [0.25, 0.3) is 0 Å². The summed E-state index contributed by atoms with van der Waals surface area (Å²) in [5.41, 5.74) is 3.20. The zero-order valence-corrected chi connectivity index (χ0v) is 12.5. The molecule has 98 valence electrons. The van der Waals surface area contributed by atoms with Crippen LogP contribution in [0.1, 0.15) is 11.1 Å². The average Bonchev–Trinajstić information content (AvgIpc) is 2.34. The zero-order chi connectivity index (χ0) is 13.1. The van der Waals surface area contributed by atoms with Crippen molar-refractivity contribution < 1.29 is 9.90 Å². The first-order valence-electron chi connectivity index (χ1n) is 6.04. The Morgan fingerprint density at radius 2 is 2.11 bits per heavy atom. The molecule has 0 aromatic heterocycles. The quantitative estimate of drug-likeness (QED) is 0.805. The number of nitrogens with zero attached hydrogens (tertiary/aromatic N) is 1. The average molecular weight is 360 g/mol. The zero-order valence-electron chi connectivity index (χ0n) is 10.4. The van der Waals surface area contributed by atoms with Crippen LogP contribution in [-0.2, 0) is 11.2 Å². The fraction of sp³-hybridized carbons (Fsp3) is 0.462. The summed E-state index contributed by atoms with van der Waals surface area (Å²) >= 11 is 2.26. The Bertz CT molecular complexity index is 457. The lowest BCUT2D eigenvalue weighted by Gasteiger charge is -2.31. The van der Waals surface area contributed by atoms with Gasteiger partial charge in [0.1, 0.15) is 0 Å². The van der Waals surface area contributed by atoms with E-state index in [1.165, 1.54) is 5.69 Å². The largest absolute Gasteiger partial charge is 0.481 e. The number of hydrogen-bond donors (Lipinski definition) is 2. The van der Waals surface area contributed by atoms with E-state index in [4.69, 9.17) is 5.11 Å². The number of carbonyl (C=O) groups is 1. The summed E-state index contributed by atoms with van der Waals surface area (Å²) in [6.07, 6.45) is 0.0990. The van der Waals surface area contributed by atoms with Crippen LogP contribution in [-0.4, -0.2) is 37.3 Å². The lowest BCUT2D eigenvalue weighted by molar-refractivity contribution is -0.136. The Kier molecular flexibility index (Phi) is 4.45. The van der Waals surface area contributed by atoms with Gasteiger partial charge >= 0.3 is 5.97 Å². The van der Waals surface area contributed by atoms with Crippen LogP contribution in [0, 0.1) is 10.5 Å². The molecular weight excluding hydrogens is 343 g/mol. The third-order valence-corrected chi connectivity index (χ3v) is 3.87. The lowest BCUT2D eigenvalue weighted by atomic mass is 10.0. The Hall–Kier alpha value is -0.820. The van der Waals surface area contributed by atoms with Crippen molar-refractivity contribution in [1.82, 2.24) is 5.32 Å². The summed E-state index contributed by atoms with van der Waals surface area (Å²) in [6, 6.07) is 4.11. The predicted molar refractivity (Wildman–Crippen MR) is 80.3 cm³/mol. The Labute approximate surface area is 121 Å². The molecule has 0 saturated carbocycles. The number of nitrogens with one attached hydrogen (secondary N) is 1. The second kappa shape index (κ2) is 5.88. The molecule has 1 heterocycles. The van der Waals surface area contributed by atoms with Gasteiger partial charge in [0.05, 0.1) is 6.42 Å². The van der Waals surface area contributed by atoms with Gasteiger partial charge in [0, 0.05) is 35.4 Å². The first-order valence-corrected chi connectivity index (χ1v) is 7.12. The number of hydrogen-bond acceptors (Lipinski definition) is 3. The Balaban J connectivity index is 2.33. The summed E-state index contributed by atoms with van der Waals surface area (Å²) in [6.45, 7) is 5.95. The van der Waals surface area contributed by atoms with Gasteiger partial charge in [0.25, 0.3) is 0 Å². The molecule has 1 aromatic carbocycles. The molecular formula is C13H17IN2O2. The van der Waals surface area contributed by atoms with E-state index in [1.807, 2.05) is 13.0 Å². The van der Waals surface area contributed by atoms with E-state index in [1.54, 1.807) is 0 Å². The van der Waals surface area contributed by atoms with Crippen molar-refractivity contribution in [3.63, 3.8) is 0 Å². The maximum Gasteiger partial charge on any atom is 0.307 e. The van der Waals surface area contributed by atoms with Crippen molar-refractivity contribution >= 4 is 34.2 Å². The van der Waals surface area contributed by atoms with Crippen LogP contribution in [0.3, 0.4) is 0 Å². The lowest BCUT2D eigenvalue weighted by Crippen LogP contribution is -2.43. The van der Waals surface area contributed by atoms with E-state index in [9.17, 15) is 4.79 Å². The summed E-state index contributed by atoms with van der Waals surface area (Å²) in [5.74, 6) is -0.772. The van der Waals surface area contributed by atoms with Gasteiger partial charge in [-0.05, 0) is 52.8 Å². The highest BCUT2D eigenvalue weighted by Gasteiger charge is 2.16. The molecule has 4 nitrogen and oxygen atoms in total. The van der Waals surface area contributed by atoms with Crippen LogP contribution in [0.2, 0.25) is 0 Å². The molecule has 0 aliphatic carbocycles. The fourth-order valence-electron chi connectivity index (χ4n) is 2.30. The van der Waals surface area contributed by atoms with Gasteiger partial charge in [-0.2, -0.15) is 0 Å². The van der Waals surface area contributed by atoms with E-state index in [0.29, 0.717) is 0 Å². The second-order valence-electron chi connectivity index (χ2n) is 4.52. The fourth-order valence-corrected chi connectivity index (χ4v) is 2.97. The summed E-state index contributed by atoms with van der Waals surface area (Å²) in [5, 5.41) is 12.3. The highest BCUT2D eigenvalue weighted by Crippen LogP contribution is 2.27. The molecule has 0 radical (unpaired) electrons. The number of anilines is 1. The first kappa shape index (κ1) is 13.6. The van der Waals surface area contributed by atoms with E-state index in [2.05, 4.69) is 38.9 Å². The molecule has 2 N–H and O–H groups in total. The van der Waals surface area contributed by atoms with Crippen molar-refractivity contribution in [1.29, 1.82) is 0 Å². The minimum absolute atomic E-state index is 0.0990. The van der Waals surface area contributed by atoms with Crippen LogP contribution >= 0.6 is 22.6 Å². The summed E-state index contributed by atoms with van der Waals surface area (Å²) in [4.78, 5) is 13.2. The standard InChI is InChI=1S/C13H17IN2O2/c1-9-10(7-13(17)18)6-11(14)8-12(9)16-4-2-15-3-5-16/h6,8,15H,2-5,7H2,1H3,(H,17,18). The van der Waals surface area contributed by atoms with E-state index >= 15 is 0 Å². The van der Waals surface area contributed by atoms with Gasteiger partial charge in [-0.25, -0.2) is 0 Å². The topological polar surface area (TPSA) is 52.6 Å². The Morgan fingerprint density at radius 1 is 1.44 bits per heavy atom. The van der Waals surface area contributed by atoms with Crippen LogP contribution < -0.4 is 10.2 Å². The SMILES string of the molecule is Cc1c(CC(=O)O)cc(I)cc1N1CCNCC1. The molecule has 18 heavy (non-hydrogen) atoms. The molecule has 5 heteroatoms. The molecule has 1 aromatic rings. The predicted octanol–water partition coefficient (Wildman–Crippen LogP) is 1.64. The number of carboxylic acids is 1. The molecule has 0 atom stereocenters. The maximum absolute atomic E-state index is 10.9. The van der Waals surface area contributed by atoms with E-state index in [-0.39, 0.29) is 6.42 Å². The highest BCUT2D eigenvalue weighted by molar-refractivity contribution is 14.1. The molecule has 2 rings (SSSR count). The number of halogens is 1. The number of piperazine rings is 1. The maximum atomic E-state index is 10.9. The van der Waals surface area contributed by atoms with Gasteiger partial charge in [-0.15, -0.1) is 0 Å². The van der Waals surface area contributed by atoms with Gasteiger partial charge < -0.3 is 15.3 Å². The van der Waals surface area contributed by atoms with Crippen molar-refractivity contribution in [2.45, 2.75) is 13.3 Å². The first-order chi connectivity index (χ1) is 8.58. The molecule has 1 fully saturated rings. The third kappa shape index (κ3) is 3.14. The van der Waals surface area contributed by atoms with Crippen LogP contribution in [0.5, 0.6) is 0 Å². The smallest absolute Gasteiger partial charge is 0.307 e. The monoisotopic (exact) mass is 360 g/mol. The molecule has 1 saturated heterocycles. The van der Waals surface area contributed by atoms with Crippen LogP contribution in [0.4, 0.5) is 5.69 Å². The number of carboxylic acid groups (broad SMARTS) is 1. The van der Waals surface area contributed by atoms with Crippen molar-refractivity contribution in [3.8, 4) is 0 Å². The molecule has 0 unspecified atom stereocenters. The minimum atomic E-state index is -0.772. The molecule has 0 spiro atoms. The van der Waals surface area contributed by atoms with Crippen molar-refractivity contribution in [2.24, 2.45) is 0 Å². The summed E-state index contributed by atoms with van der Waals surface area (Å²) in [7, 11) is 0. The second-order valence-corrected chi connectivity index (χ2v) is 5.76. The number of rotatable bonds is 3. The normalized spacial score (nSPS) is 15.8. The van der Waals surface area contributed by atoms with Crippen LogP contribution in [0.15, 0.2) is 12.1 Å². The molecule has 1 aliphatic heterocycles. The van der Waals surface area contributed by atoms with E-state index in [0.717, 1.165) is 40.9 Å². The minimum Gasteiger partial charge on any atom is -0.481 e. The third-order valence-electron chi connectivity index (χ3n) is 3.25. The van der Waals surface area contributed by atoms with Gasteiger partial charge in [0.15, 0.2) is 0 Å². The molecule has 0 bridgehead atoms. The van der Waals surface area contributed by atoms with Crippen molar-refractivity contribution in [2.75, 3.05) is 31.1 Å². The molecule has 0 amide bonds. The molecule has 1 aliphatic rings. The number of aliphatic carboxylic acids is 1. The van der Waals surface area contributed by atoms with E-state index < -0.39 is 5.97 Å². The van der Waals surface area contributed by atoms with Crippen molar-refractivity contribution in [3.05, 3.63) is 26.8 Å². The Morgan fingerprint density at radius 3 is 2.72 bits per heavy atom. The summed E-state index contributed by atoms with van der Waals surface area (Å²) < 4.78 is 1.10. The van der Waals surface area contributed by atoms with Gasteiger partial charge in [-0.3, -0.25) is 4.79 Å². The highest BCUT2D eigenvalue weighted by atomic mass is 127.